The highest BCUT2D eigenvalue weighted by atomic mass is 35.5. The van der Waals surface area contributed by atoms with Crippen molar-refractivity contribution in [3.05, 3.63) is 135 Å². The van der Waals surface area contributed by atoms with E-state index in [-0.39, 0.29) is 29.7 Å². The van der Waals surface area contributed by atoms with Gasteiger partial charge in [-0.05, 0) is 53.4 Å². The maximum atomic E-state index is 13.6. The molecular formula is C32H28Cl2F3NO3. The smallest absolute Gasteiger partial charge is 0.417 e. The van der Waals surface area contributed by atoms with E-state index in [4.69, 9.17) is 27.9 Å². The summed E-state index contributed by atoms with van der Waals surface area (Å²) in [7, 11) is 0. The first kappa shape index (κ1) is 30.4. The molecule has 1 atom stereocenters. The van der Waals surface area contributed by atoms with E-state index in [0.29, 0.717) is 35.8 Å². The highest BCUT2D eigenvalue weighted by molar-refractivity contribution is 6.32. The van der Waals surface area contributed by atoms with Crippen LogP contribution in [0, 0.1) is 0 Å². The third-order valence-corrected chi connectivity index (χ3v) is 7.46. The number of benzene rings is 4. The van der Waals surface area contributed by atoms with Crippen LogP contribution < -0.4 is 4.74 Å². The molecule has 0 aliphatic carbocycles. The van der Waals surface area contributed by atoms with Gasteiger partial charge in [0.2, 0.25) is 0 Å². The molecule has 9 heteroatoms. The Morgan fingerprint density at radius 3 is 2.32 bits per heavy atom. The largest absolute Gasteiger partial charge is 0.494 e. The summed E-state index contributed by atoms with van der Waals surface area (Å²) >= 11 is 12.9. The molecule has 4 aromatic rings. The number of alkyl halides is 3. The predicted octanol–water partition coefficient (Wildman–Crippen LogP) is 8.81. The molecule has 214 valence electrons. The van der Waals surface area contributed by atoms with Crippen LogP contribution in [-0.2, 0) is 12.7 Å². The topological polar surface area (TPSA) is 49.8 Å². The molecule has 4 nitrogen and oxygen atoms in total. The van der Waals surface area contributed by atoms with Gasteiger partial charge in [-0.25, -0.2) is 4.79 Å². The minimum absolute atomic E-state index is 0.119. The maximum absolute atomic E-state index is 13.6. The summed E-state index contributed by atoms with van der Waals surface area (Å²) in [6.07, 6.45) is -4.04. The standard InChI is InChI=1S/C32H28Cl2F3NO3/c33-29-16-5-4-14-26(29)27(22-9-2-1-3-10-22)21-38(20-24-12-7-15-28(30(24)34)32(35,36)37)17-8-18-41-25-13-6-11-23(19-25)31(39)40/h1-7,9-16,19,27H,8,17-18,20-21H2,(H,39,40). The summed E-state index contributed by atoms with van der Waals surface area (Å²) in [5, 5.41) is 9.50. The van der Waals surface area contributed by atoms with Crippen molar-refractivity contribution in [3.63, 3.8) is 0 Å². The minimum atomic E-state index is -4.57. The van der Waals surface area contributed by atoms with Crippen molar-refractivity contribution < 1.29 is 27.8 Å². The lowest BCUT2D eigenvalue weighted by atomic mass is 9.90. The molecule has 0 aliphatic heterocycles. The number of rotatable bonds is 12. The van der Waals surface area contributed by atoms with Gasteiger partial charge in [0.05, 0.1) is 22.8 Å². The number of halogens is 5. The van der Waals surface area contributed by atoms with Crippen LogP contribution in [0.4, 0.5) is 13.2 Å². The van der Waals surface area contributed by atoms with E-state index in [1.165, 1.54) is 18.2 Å². The molecule has 4 aromatic carbocycles. The van der Waals surface area contributed by atoms with Crippen molar-refractivity contribution >= 4 is 29.2 Å². The van der Waals surface area contributed by atoms with E-state index in [0.717, 1.165) is 17.2 Å². The normalized spacial score (nSPS) is 12.3. The molecule has 0 aromatic heterocycles. The van der Waals surface area contributed by atoms with E-state index in [1.54, 1.807) is 18.2 Å². The third kappa shape index (κ3) is 8.26. The molecule has 0 radical (unpaired) electrons. The number of hydrogen-bond donors (Lipinski definition) is 1. The van der Waals surface area contributed by atoms with Crippen molar-refractivity contribution in [3.8, 4) is 5.75 Å². The quantitative estimate of drug-likeness (QED) is 0.165. The maximum Gasteiger partial charge on any atom is 0.417 e. The SMILES string of the molecule is O=C(O)c1cccc(OCCCN(Cc2cccc(C(F)(F)F)c2Cl)CC(c2ccccc2)c2ccccc2Cl)c1. The van der Waals surface area contributed by atoms with Gasteiger partial charge in [-0.3, -0.25) is 4.90 Å². The average molecular weight is 602 g/mol. The van der Waals surface area contributed by atoms with Crippen LogP contribution in [-0.4, -0.2) is 35.7 Å². The van der Waals surface area contributed by atoms with Crippen LogP contribution in [0.1, 0.15) is 45.0 Å². The molecule has 1 N–H and O–H groups in total. The van der Waals surface area contributed by atoms with Gasteiger partial charge in [0.25, 0.3) is 0 Å². The van der Waals surface area contributed by atoms with Gasteiger partial charge in [0, 0.05) is 30.6 Å². The molecule has 0 heterocycles. The molecule has 41 heavy (non-hydrogen) atoms. The van der Waals surface area contributed by atoms with Gasteiger partial charge < -0.3 is 9.84 Å². The van der Waals surface area contributed by atoms with Crippen molar-refractivity contribution in [2.45, 2.75) is 25.1 Å². The Labute approximate surface area is 246 Å². The van der Waals surface area contributed by atoms with E-state index >= 15 is 0 Å². The average Bonchev–Trinajstić information content (AvgIpc) is 2.95. The molecule has 0 fully saturated rings. The second-order valence-corrected chi connectivity index (χ2v) is 10.3. The lowest BCUT2D eigenvalue weighted by Gasteiger charge is -2.29. The van der Waals surface area contributed by atoms with Crippen molar-refractivity contribution in [1.29, 1.82) is 0 Å². The number of ether oxygens (including phenoxy) is 1. The summed E-state index contributed by atoms with van der Waals surface area (Å²) in [5.74, 6) is -0.788. The second kappa shape index (κ2) is 13.9. The van der Waals surface area contributed by atoms with Gasteiger partial charge in [-0.1, -0.05) is 89.9 Å². The van der Waals surface area contributed by atoms with Gasteiger partial charge in [-0.15, -0.1) is 0 Å². The Morgan fingerprint density at radius 2 is 1.61 bits per heavy atom. The van der Waals surface area contributed by atoms with Crippen LogP contribution in [0.25, 0.3) is 0 Å². The monoisotopic (exact) mass is 601 g/mol. The third-order valence-electron chi connectivity index (χ3n) is 6.67. The van der Waals surface area contributed by atoms with Crippen LogP contribution >= 0.6 is 23.2 Å². The van der Waals surface area contributed by atoms with E-state index in [9.17, 15) is 23.1 Å². The molecule has 4 rings (SSSR count). The Bertz CT molecular complexity index is 1460. The highest BCUT2D eigenvalue weighted by Crippen LogP contribution is 2.37. The van der Waals surface area contributed by atoms with Gasteiger partial charge in [0.1, 0.15) is 5.75 Å². The predicted molar refractivity (Wildman–Crippen MR) is 155 cm³/mol. The molecule has 0 amide bonds. The molecule has 0 aliphatic rings. The fraction of sp³-hybridized carbons (Fsp3) is 0.219. The van der Waals surface area contributed by atoms with E-state index in [1.807, 2.05) is 59.5 Å². The molecular weight excluding hydrogens is 574 g/mol. The zero-order chi connectivity index (χ0) is 29.4. The van der Waals surface area contributed by atoms with Crippen LogP contribution in [0.5, 0.6) is 5.75 Å². The number of carbonyl (C=O) groups is 1. The van der Waals surface area contributed by atoms with Crippen LogP contribution in [0.3, 0.4) is 0 Å². The zero-order valence-corrected chi connectivity index (χ0v) is 23.5. The molecule has 1 unspecified atom stereocenters. The Kier molecular flexibility index (Phi) is 10.3. The highest BCUT2D eigenvalue weighted by Gasteiger charge is 2.34. The first-order chi connectivity index (χ1) is 19.6. The number of nitrogens with zero attached hydrogens (tertiary/aromatic N) is 1. The molecule has 0 spiro atoms. The second-order valence-electron chi connectivity index (χ2n) is 9.53. The molecule has 0 saturated heterocycles. The Balaban J connectivity index is 1.59. The Hall–Kier alpha value is -3.52. The van der Waals surface area contributed by atoms with Crippen LogP contribution in [0.15, 0.2) is 97.1 Å². The number of hydrogen-bond acceptors (Lipinski definition) is 3. The van der Waals surface area contributed by atoms with Gasteiger partial charge in [0.15, 0.2) is 0 Å². The van der Waals surface area contributed by atoms with Crippen molar-refractivity contribution in [2.75, 3.05) is 19.7 Å². The van der Waals surface area contributed by atoms with Crippen molar-refractivity contribution in [1.82, 2.24) is 4.90 Å². The first-order valence-electron chi connectivity index (χ1n) is 13.0. The lowest BCUT2D eigenvalue weighted by Crippen LogP contribution is -2.31. The first-order valence-corrected chi connectivity index (χ1v) is 13.7. The fourth-order valence-corrected chi connectivity index (χ4v) is 5.24. The zero-order valence-electron chi connectivity index (χ0n) is 22.0. The molecule has 0 bridgehead atoms. The number of carboxylic acids is 1. The summed E-state index contributed by atoms with van der Waals surface area (Å²) in [6, 6.07) is 27.5. The number of carboxylic acid groups (broad SMARTS) is 1. The Morgan fingerprint density at radius 1 is 0.902 bits per heavy atom. The fourth-order valence-electron chi connectivity index (χ4n) is 4.68. The summed E-state index contributed by atoms with van der Waals surface area (Å²) < 4.78 is 46.5. The van der Waals surface area contributed by atoms with E-state index in [2.05, 4.69) is 0 Å². The molecule has 0 saturated carbocycles. The van der Waals surface area contributed by atoms with Gasteiger partial charge in [-0.2, -0.15) is 13.2 Å². The lowest BCUT2D eigenvalue weighted by molar-refractivity contribution is -0.137. The number of aromatic carboxylic acids is 1. The minimum Gasteiger partial charge on any atom is -0.494 e. The van der Waals surface area contributed by atoms with Crippen molar-refractivity contribution in [2.24, 2.45) is 0 Å². The van der Waals surface area contributed by atoms with Gasteiger partial charge >= 0.3 is 12.1 Å². The summed E-state index contributed by atoms with van der Waals surface area (Å²) in [4.78, 5) is 13.3. The van der Waals surface area contributed by atoms with E-state index < -0.39 is 17.7 Å². The summed E-state index contributed by atoms with van der Waals surface area (Å²) in [5.41, 5.74) is 1.53. The summed E-state index contributed by atoms with van der Waals surface area (Å²) in [6.45, 7) is 1.37. The van der Waals surface area contributed by atoms with Crippen LogP contribution in [0.2, 0.25) is 10.0 Å².